The molecular formula is C34H41FN4O2. The van der Waals surface area contributed by atoms with Gasteiger partial charge in [0.25, 0.3) is 5.91 Å². The minimum absolute atomic E-state index is 0.0260. The highest BCUT2D eigenvalue weighted by Gasteiger charge is 2.18. The molecule has 0 atom stereocenters. The summed E-state index contributed by atoms with van der Waals surface area (Å²) in [5.41, 5.74) is 4.30. The van der Waals surface area contributed by atoms with Crippen LogP contribution < -0.4 is 10.1 Å². The van der Waals surface area contributed by atoms with Crippen molar-refractivity contribution in [1.82, 2.24) is 19.7 Å². The molecule has 2 heterocycles. The van der Waals surface area contributed by atoms with Crippen molar-refractivity contribution in [3.05, 3.63) is 102 Å². The molecule has 1 fully saturated rings. The second-order valence-electron chi connectivity index (χ2n) is 10.8. The molecule has 0 saturated carbocycles. The topological polar surface area (TPSA) is 49.7 Å². The van der Waals surface area contributed by atoms with Crippen LogP contribution >= 0.6 is 0 Å². The number of nitrogens with one attached hydrogen (secondary N) is 1. The van der Waals surface area contributed by atoms with E-state index < -0.39 is 0 Å². The first-order chi connectivity index (χ1) is 20.1. The number of hydrogen-bond acceptors (Lipinski definition) is 4. The summed E-state index contributed by atoms with van der Waals surface area (Å²) >= 11 is 0. The Hall–Kier alpha value is -3.68. The van der Waals surface area contributed by atoms with Gasteiger partial charge in [-0.05, 0) is 74.3 Å². The second-order valence-corrected chi connectivity index (χ2v) is 10.8. The summed E-state index contributed by atoms with van der Waals surface area (Å²) in [6.45, 7) is 10.3. The number of carbonyl (C=O) groups excluding carboxylic acids is 1. The molecule has 1 amide bonds. The van der Waals surface area contributed by atoms with E-state index in [4.69, 9.17) is 4.74 Å². The first-order valence-corrected chi connectivity index (χ1v) is 14.9. The van der Waals surface area contributed by atoms with Crippen LogP contribution in [0.2, 0.25) is 0 Å². The minimum atomic E-state index is -0.245. The third-order valence-electron chi connectivity index (χ3n) is 7.95. The van der Waals surface area contributed by atoms with E-state index in [0.29, 0.717) is 18.9 Å². The summed E-state index contributed by atoms with van der Waals surface area (Å²) in [6.07, 6.45) is 5.14. The Balaban J connectivity index is 1.14. The summed E-state index contributed by atoms with van der Waals surface area (Å²) in [7, 11) is 0. The van der Waals surface area contributed by atoms with Crippen molar-refractivity contribution >= 4 is 16.8 Å². The molecule has 0 aliphatic carbocycles. The number of amides is 1. The van der Waals surface area contributed by atoms with E-state index in [9.17, 15) is 9.18 Å². The Bertz CT molecular complexity index is 1400. The number of ether oxygens (including phenoxy) is 1. The van der Waals surface area contributed by atoms with Crippen molar-refractivity contribution in [2.75, 3.05) is 45.9 Å². The summed E-state index contributed by atoms with van der Waals surface area (Å²) in [5.74, 6) is 0.441. The standard InChI is InChI=1S/C34H41FN4O2/c1-2-28-11-6-12-31-32(34(40)36-25-27-9-4-3-5-10-27)26-39(33(28)31)20-8-19-37-17-7-18-38(22-21-37)23-24-41-30-15-13-29(35)14-16-30/h3-6,9-16,26H,2,7-8,17-25H2,1H3,(H,36,40). The van der Waals surface area contributed by atoms with Crippen LogP contribution in [-0.4, -0.2) is 66.1 Å². The number of aryl methyl sites for hydroxylation is 2. The summed E-state index contributed by atoms with van der Waals surface area (Å²) in [5, 5.41) is 4.14. The maximum absolute atomic E-state index is 13.2. The van der Waals surface area contributed by atoms with E-state index in [0.717, 1.165) is 81.6 Å². The van der Waals surface area contributed by atoms with E-state index in [1.165, 1.54) is 23.2 Å². The molecule has 1 aliphatic rings. The van der Waals surface area contributed by atoms with Gasteiger partial charge in [0.15, 0.2) is 0 Å². The molecular weight excluding hydrogens is 515 g/mol. The zero-order valence-corrected chi connectivity index (χ0v) is 24.0. The van der Waals surface area contributed by atoms with E-state index in [1.54, 1.807) is 12.1 Å². The van der Waals surface area contributed by atoms with Gasteiger partial charge in [-0.3, -0.25) is 9.69 Å². The normalized spacial score (nSPS) is 14.7. The number of carbonyl (C=O) groups is 1. The molecule has 1 aliphatic heterocycles. The summed E-state index contributed by atoms with van der Waals surface area (Å²) in [4.78, 5) is 18.3. The second kappa shape index (κ2) is 14.3. The lowest BCUT2D eigenvalue weighted by atomic mass is 10.1. The van der Waals surface area contributed by atoms with E-state index in [1.807, 2.05) is 30.3 Å². The molecule has 1 saturated heterocycles. The van der Waals surface area contributed by atoms with Gasteiger partial charge in [-0.1, -0.05) is 55.5 Å². The fraction of sp³-hybridized carbons (Fsp3) is 0.382. The van der Waals surface area contributed by atoms with Crippen LogP contribution in [0.5, 0.6) is 5.75 Å². The van der Waals surface area contributed by atoms with E-state index in [-0.39, 0.29) is 11.7 Å². The molecule has 7 heteroatoms. The molecule has 1 aromatic heterocycles. The van der Waals surface area contributed by atoms with Gasteiger partial charge in [-0.25, -0.2) is 4.39 Å². The maximum Gasteiger partial charge on any atom is 0.253 e. The lowest BCUT2D eigenvalue weighted by molar-refractivity contribution is 0.0952. The van der Waals surface area contributed by atoms with Crippen molar-refractivity contribution in [3.8, 4) is 5.75 Å². The molecule has 216 valence electrons. The van der Waals surface area contributed by atoms with Gasteiger partial charge in [0, 0.05) is 44.3 Å². The molecule has 5 rings (SSSR count). The Morgan fingerprint density at radius 2 is 1.63 bits per heavy atom. The number of hydrogen-bond donors (Lipinski definition) is 1. The van der Waals surface area contributed by atoms with E-state index in [2.05, 4.69) is 51.0 Å². The molecule has 41 heavy (non-hydrogen) atoms. The van der Waals surface area contributed by atoms with Crippen LogP contribution in [0.4, 0.5) is 4.39 Å². The largest absolute Gasteiger partial charge is 0.492 e. The number of nitrogens with zero attached hydrogens (tertiary/aromatic N) is 3. The summed E-state index contributed by atoms with van der Waals surface area (Å²) in [6, 6.07) is 22.6. The fourth-order valence-corrected chi connectivity index (χ4v) is 5.71. The SMILES string of the molecule is CCc1cccc2c(C(=O)NCc3ccccc3)cn(CCCN3CCCN(CCOc4ccc(F)cc4)CC3)c12. The number of rotatable bonds is 12. The number of halogens is 1. The minimum Gasteiger partial charge on any atom is -0.492 e. The van der Waals surface area contributed by atoms with Crippen LogP contribution in [0.3, 0.4) is 0 Å². The molecule has 4 aromatic rings. The van der Waals surface area contributed by atoms with Crippen LogP contribution in [0.15, 0.2) is 79.0 Å². The highest BCUT2D eigenvalue weighted by molar-refractivity contribution is 6.07. The van der Waals surface area contributed by atoms with Crippen molar-refractivity contribution in [3.63, 3.8) is 0 Å². The first-order valence-electron chi connectivity index (χ1n) is 14.9. The lowest BCUT2D eigenvalue weighted by Crippen LogP contribution is -2.33. The van der Waals surface area contributed by atoms with Crippen LogP contribution in [-0.2, 0) is 19.5 Å². The van der Waals surface area contributed by atoms with Gasteiger partial charge >= 0.3 is 0 Å². The Morgan fingerprint density at radius 3 is 2.39 bits per heavy atom. The number of aromatic nitrogens is 1. The highest BCUT2D eigenvalue weighted by atomic mass is 19.1. The van der Waals surface area contributed by atoms with Crippen molar-refractivity contribution < 1.29 is 13.9 Å². The van der Waals surface area contributed by atoms with E-state index >= 15 is 0 Å². The van der Waals surface area contributed by atoms with Crippen LogP contribution in [0, 0.1) is 5.82 Å². The van der Waals surface area contributed by atoms with Crippen LogP contribution in [0.1, 0.15) is 41.3 Å². The molecule has 0 unspecified atom stereocenters. The average Bonchev–Trinajstić information content (AvgIpc) is 3.23. The molecule has 6 nitrogen and oxygen atoms in total. The molecule has 0 spiro atoms. The highest BCUT2D eigenvalue weighted by Crippen LogP contribution is 2.26. The van der Waals surface area contributed by atoms with Gasteiger partial charge in [0.1, 0.15) is 18.2 Å². The van der Waals surface area contributed by atoms with Crippen molar-refractivity contribution in [2.24, 2.45) is 0 Å². The van der Waals surface area contributed by atoms with Gasteiger partial charge in [-0.2, -0.15) is 0 Å². The number of benzene rings is 3. The first kappa shape index (κ1) is 28.8. The Kier molecular flexibility index (Phi) is 10.0. The zero-order chi connectivity index (χ0) is 28.4. The molecule has 1 N–H and O–H groups in total. The monoisotopic (exact) mass is 556 g/mol. The predicted molar refractivity (Wildman–Crippen MR) is 163 cm³/mol. The molecule has 0 radical (unpaired) electrons. The maximum atomic E-state index is 13.2. The van der Waals surface area contributed by atoms with Crippen molar-refractivity contribution in [1.29, 1.82) is 0 Å². The molecule has 0 bridgehead atoms. The smallest absolute Gasteiger partial charge is 0.253 e. The fourth-order valence-electron chi connectivity index (χ4n) is 5.71. The average molecular weight is 557 g/mol. The van der Waals surface area contributed by atoms with Gasteiger partial charge in [-0.15, -0.1) is 0 Å². The lowest BCUT2D eigenvalue weighted by Gasteiger charge is -2.22. The Morgan fingerprint density at radius 1 is 0.878 bits per heavy atom. The number of fused-ring (bicyclic) bond motifs is 1. The van der Waals surface area contributed by atoms with Gasteiger partial charge < -0.3 is 19.5 Å². The van der Waals surface area contributed by atoms with Crippen LogP contribution in [0.25, 0.3) is 10.9 Å². The van der Waals surface area contributed by atoms with Gasteiger partial charge in [0.2, 0.25) is 0 Å². The third-order valence-corrected chi connectivity index (χ3v) is 7.95. The van der Waals surface area contributed by atoms with Gasteiger partial charge in [0.05, 0.1) is 11.1 Å². The molecule has 3 aromatic carbocycles. The predicted octanol–water partition coefficient (Wildman–Crippen LogP) is 5.75. The number of para-hydroxylation sites is 1. The Labute approximate surface area is 242 Å². The van der Waals surface area contributed by atoms with Crippen molar-refractivity contribution in [2.45, 2.75) is 39.3 Å². The third kappa shape index (κ3) is 7.75. The quantitative estimate of drug-likeness (QED) is 0.242. The summed E-state index contributed by atoms with van der Waals surface area (Å²) < 4.78 is 21.2. The zero-order valence-electron chi connectivity index (χ0n) is 24.0.